The van der Waals surface area contributed by atoms with Crippen molar-refractivity contribution in [3.8, 4) is 0 Å². The van der Waals surface area contributed by atoms with Crippen molar-refractivity contribution in [3.05, 3.63) is 41.6 Å². The summed E-state index contributed by atoms with van der Waals surface area (Å²) >= 11 is 0. The van der Waals surface area contributed by atoms with Gasteiger partial charge in [-0.25, -0.2) is 0 Å². The summed E-state index contributed by atoms with van der Waals surface area (Å²) in [6.07, 6.45) is 1.28. The Labute approximate surface area is 112 Å². The number of fused-ring (bicyclic) bond motifs is 1. The van der Waals surface area contributed by atoms with Gasteiger partial charge in [0, 0.05) is 23.5 Å². The van der Waals surface area contributed by atoms with Crippen LogP contribution in [-0.2, 0) is 11.2 Å². The number of carboxylic acids is 1. The summed E-state index contributed by atoms with van der Waals surface area (Å²) in [6, 6.07) is 9.84. The Kier molecular flexibility index (Phi) is 4.12. The minimum atomic E-state index is -0.800. The number of carbonyl (C=O) groups is 1. The fourth-order valence-corrected chi connectivity index (χ4v) is 2.26. The molecule has 19 heavy (non-hydrogen) atoms. The van der Waals surface area contributed by atoms with Crippen LogP contribution in [0.5, 0.6) is 0 Å². The minimum absolute atomic E-state index is 0.114. The number of nitrogens with two attached hydrogens (primary N) is 1. The maximum Gasteiger partial charge on any atom is 0.303 e. The molecule has 0 radical (unpaired) electrons. The Balaban J connectivity index is 2.22. The normalized spacial score (nSPS) is 12.5. The van der Waals surface area contributed by atoms with Gasteiger partial charge in [-0.3, -0.25) is 9.78 Å². The second-order valence-electron chi connectivity index (χ2n) is 4.84. The van der Waals surface area contributed by atoms with Crippen LogP contribution < -0.4 is 5.73 Å². The van der Waals surface area contributed by atoms with Crippen LogP contribution in [0, 0.1) is 6.92 Å². The summed E-state index contributed by atoms with van der Waals surface area (Å²) < 4.78 is 0. The summed E-state index contributed by atoms with van der Waals surface area (Å²) in [5.74, 6) is -0.800. The van der Waals surface area contributed by atoms with E-state index in [-0.39, 0.29) is 12.5 Å². The third kappa shape index (κ3) is 3.51. The van der Waals surface area contributed by atoms with Crippen molar-refractivity contribution in [2.45, 2.75) is 32.2 Å². The molecule has 0 aliphatic rings. The van der Waals surface area contributed by atoms with Gasteiger partial charge in [0.05, 0.1) is 5.52 Å². The lowest BCUT2D eigenvalue weighted by Gasteiger charge is -2.13. The molecule has 0 bridgehead atoms. The molecule has 0 saturated heterocycles. The zero-order valence-electron chi connectivity index (χ0n) is 11.0. The first kappa shape index (κ1) is 13.5. The smallest absolute Gasteiger partial charge is 0.303 e. The van der Waals surface area contributed by atoms with Gasteiger partial charge in [-0.05, 0) is 37.5 Å². The number of rotatable bonds is 5. The van der Waals surface area contributed by atoms with Crippen molar-refractivity contribution in [1.82, 2.24) is 4.98 Å². The van der Waals surface area contributed by atoms with E-state index < -0.39 is 5.97 Å². The number of benzene rings is 1. The number of pyridine rings is 1. The third-order valence-electron chi connectivity index (χ3n) is 3.14. The van der Waals surface area contributed by atoms with Crippen molar-refractivity contribution in [3.63, 3.8) is 0 Å². The molecule has 4 nitrogen and oxygen atoms in total. The zero-order valence-corrected chi connectivity index (χ0v) is 11.0. The van der Waals surface area contributed by atoms with E-state index in [9.17, 15) is 4.79 Å². The fourth-order valence-electron chi connectivity index (χ4n) is 2.26. The van der Waals surface area contributed by atoms with Gasteiger partial charge in [-0.2, -0.15) is 0 Å². The molecule has 0 spiro atoms. The molecular weight excluding hydrogens is 240 g/mol. The van der Waals surface area contributed by atoms with Gasteiger partial charge in [0.2, 0.25) is 0 Å². The molecule has 1 atom stereocenters. The van der Waals surface area contributed by atoms with E-state index in [1.807, 2.05) is 37.3 Å². The van der Waals surface area contributed by atoms with Crippen molar-refractivity contribution < 1.29 is 9.90 Å². The average molecular weight is 258 g/mol. The lowest BCUT2D eigenvalue weighted by Crippen LogP contribution is -2.24. The standard InChI is InChI=1S/C15H18N2O2/c1-10-8-11(9-12(16)6-7-15(18)19)13-4-2-3-5-14(13)17-10/h2-5,8,12H,6-7,9,16H2,1H3,(H,18,19). The second-order valence-corrected chi connectivity index (χ2v) is 4.84. The quantitative estimate of drug-likeness (QED) is 0.862. The SMILES string of the molecule is Cc1cc(CC(N)CCC(=O)O)c2ccccc2n1. The molecule has 2 aromatic rings. The Bertz CT molecular complexity index is 596. The summed E-state index contributed by atoms with van der Waals surface area (Å²) in [4.78, 5) is 15.0. The van der Waals surface area contributed by atoms with E-state index in [1.54, 1.807) is 0 Å². The van der Waals surface area contributed by atoms with Gasteiger partial charge in [-0.1, -0.05) is 18.2 Å². The van der Waals surface area contributed by atoms with Gasteiger partial charge in [-0.15, -0.1) is 0 Å². The van der Waals surface area contributed by atoms with Crippen LogP contribution in [0.3, 0.4) is 0 Å². The first-order valence-electron chi connectivity index (χ1n) is 6.39. The Morgan fingerprint density at radius 2 is 2.16 bits per heavy atom. The number of hydrogen-bond donors (Lipinski definition) is 2. The summed E-state index contributed by atoms with van der Waals surface area (Å²) in [6.45, 7) is 1.96. The van der Waals surface area contributed by atoms with Crippen LogP contribution in [-0.4, -0.2) is 22.1 Å². The van der Waals surface area contributed by atoms with Gasteiger partial charge in [0.15, 0.2) is 0 Å². The van der Waals surface area contributed by atoms with Gasteiger partial charge in [0.25, 0.3) is 0 Å². The van der Waals surface area contributed by atoms with Crippen molar-refractivity contribution in [2.24, 2.45) is 5.73 Å². The lowest BCUT2D eigenvalue weighted by molar-refractivity contribution is -0.137. The van der Waals surface area contributed by atoms with Crippen LogP contribution in [0.25, 0.3) is 10.9 Å². The first-order chi connectivity index (χ1) is 9.06. The number of para-hydroxylation sites is 1. The van der Waals surface area contributed by atoms with Crippen molar-refractivity contribution in [2.75, 3.05) is 0 Å². The summed E-state index contributed by atoms with van der Waals surface area (Å²) in [5, 5.41) is 9.77. The maximum absolute atomic E-state index is 10.6. The van der Waals surface area contributed by atoms with E-state index in [2.05, 4.69) is 4.98 Å². The predicted octanol–water partition coefficient (Wildman–Crippen LogP) is 2.28. The number of hydrogen-bond acceptors (Lipinski definition) is 3. The van der Waals surface area contributed by atoms with Crippen LogP contribution in [0.1, 0.15) is 24.1 Å². The van der Waals surface area contributed by atoms with E-state index in [4.69, 9.17) is 10.8 Å². The molecule has 0 amide bonds. The van der Waals surface area contributed by atoms with Gasteiger partial charge < -0.3 is 10.8 Å². The molecule has 1 aromatic heterocycles. The zero-order chi connectivity index (χ0) is 13.8. The molecule has 3 N–H and O–H groups in total. The minimum Gasteiger partial charge on any atom is -0.481 e. The van der Waals surface area contributed by atoms with E-state index in [0.717, 1.165) is 22.2 Å². The van der Waals surface area contributed by atoms with E-state index in [0.29, 0.717) is 12.8 Å². The highest BCUT2D eigenvalue weighted by atomic mass is 16.4. The number of aryl methyl sites for hydroxylation is 1. The Hall–Kier alpha value is -1.94. The summed E-state index contributed by atoms with van der Waals surface area (Å²) in [7, 11) is 0. The number of aliphatic carboxylic acids is 1. The molecule has 100 valence electrons. The number of aromatic nitrogens is 1. The molecule has 0 saturated carbocycles. The average Bonchev–Trinajstić information content (AvgIpc) is 2.36. The highest BCUT2D eigenvalue weighted by Crippen LogP contribution is 2.20. The second kappa shape index (κ2) is 5.80. The highest BCUT2D eigenvalue weighted by molar-refractivity contribution is 5.82. The number of nitrogens with zero attached hydrogens (tertiary/aromatic N) is 1. The number of carboxylic acid groups (broad SMARTS) is 1. The van der Waals surface area contributed by atoms with Crippen molar-refractivity contribution >= 4 is 16.9 Å². The van der Waals surface area contributed by atoms with E-state index in [1.165, 1.54) is 0 Å². The van der Waals surface area contributed by atoms with Crippen molar-refractivity contribution in [1.29, 1.82) is 0 Å². The molecule has 1 heterocycles. The van der Waals surface area contributed by atoms with E-state index >= 15 is 0 Å². The molecule has 2 rings (SSSR count). The molecule has 0 fully saturated rings. The molecule has 0 aliphatic heterocycles. The molecule has 4 heteroatoms. The Morgan fingerprint density at radius 3 is 2.89 bits per heavy atom. The highest BCUT2D eigenvalue weighted by Gasteiger charge is 2.10. The first-order valence-corrected chi connectivity index (χ1v) is 6.39. The maximum atomic E-state index is 10.6. The topological polar surface area (TPSA) is 76.2 Å². The van der Waals surface area contributed by atoms with Gasteiger partial charge in [0.1, 0.15) is 0 Å². The third-order valence-corrected chi connectivity index (χ3v) is 3.14. The molecule has 1 aromatic carbocycles. The summed E-state index contributed by atoms with van der Waals surface area (Å²) in [5.41, 5.74) is 9.07. The Morgan fingerprint density at radius 1 is 1.42 bits per heavy atom. The predicted molar refractivity (Wildman–Crippen MR) is 75.0 cm³/mol. The fraction of sp³-hybridized carbons (Fsp3) is 0.333. The van der Waals surface area contributed by atoms with Crippen LogP contribution >= 0.6 is 0 Å². The van der Waals surface area contributed by atoms with Crippen LogP contribution in [0.15, 0.2) is 30.3 Å². The van der Waals surface area contributed by atoms with Gasteiger partial charge >= 0.3 is 5.97 Å². The molecular formula is C15H18N2O2. The molecule has 1 unspecified atom stereocenters. The van der Waals surface area contributed by atoms with Crippen LogP contribution in [0.4, 0.5) is 0 Å². The molecule has 0 aliphatic carbocycles. The monoisotopic (exact) mass is 258 g/mol. The largest absolute Gasteiger partial charge is 0.481 e. The van der Waals surface area contributed by atoms with Crippen LogP contribution in [0.2, 0.25) is 0 Å². The lowest BCUT2D eigenvalue weighted by atomic mass is 9.98.